The van der Waals surface area contributed by atoms with Gasteiger partial charge in [0.15, 0.2) is 17.4 Å². The van der Waals surface area contributed by atoms with E-state index in [1.807, 2.05) is 6.92 Å². The van der Waals surface area contributed by atoms with Gasteiger partial charge in [-0.15, -0.1) is 0 Å². The molecule has 2 heterocycles. The normalized spacial score (nSPS) is 39.3. The molecule has 2 saturated heterocycles. The van der Waals surface area contributed by atoms with Crippen LogP contribution in [0.25, 0.3) is 0 Å². The minimum Gasteiger partial charge on any atom is -0.505 e. The number of imide groups is 1. The van der Waals surface area contributed by atoms with Crippen molar-refractivity contribution in [3.05, 3.63) is 29.6 Å². The number of carbonyl (C=O) groups is 2. The Morgan fingerprint density at radius 1 is 1.13 bits per heavy atom. The van der Waals surface area contributed by atoms with Gasteiger partial charge < -0.3 is 14.9 Å². The van der Waals surface area contributed by atoms with Gasteiger partial charge in [-0.1, -0.05) is 32.3 Å². The number of fused-ring (bicyclic) bond motifs is 3. The van der Waals surface area contributed by atoms with Gasteiger partial charge in [0.05, 0.1) is 17.9 Å². The molecule has 2 N–H and O–H groups in total. The van der Waals surface area contributed by atoms with Crippen molar-refractivity contribution in [3.8, 4) is 5.75 Å². The number of halogens is 1. The van der Waals surface area contributed by atoms with Crippen LogP contribution in [-0.2, 0) is 14.3 Å². The van der Waals surface area contributed by atoms with Crippen molar-refractivity contribution in [2.75, 3.05) is 0 Å². The number of nitrogens with zero attached hydrogens (tertiary/aromatic N) is 1. The van der Waals surface area contributed by atoms with E-state index in [-0.39, 0.29) is 23.8 Å². The Labute approximate surface area is 175 Å². The molecular formula is C23H28FNO5. The lowest BCUT2D eigenvalue weighted by atomic mass is 9.65. The van der Waals surface area contributed by atoms with Crippen molar-refractivity contribution in [1.29, 1.82) is 0 Å². The van der Waals surface area contributed by atoms with Gasteiger partial charge in [0, 0.05) is 17.9 Å². The summed E-state index contributed by atoms with van der Waals surface area (Å²) in [5.41, 5.74) is 0.512. The molecule has 5 rings (SSSR count). The van der Waals surface area contributed by atoms with Crippen molar-refractivity contribution >= 4 is 11.8 Å². The first-order chi connectivity index (χ1) is 14.3. The molecule has 2 saturated carbocycles. The number of benzene rings is 1. The van der Waals surface area contributed by atoms with Crippen LogP contribution in [-0.4, -0.2) is 38.8 Å². The number of aliphatic hydroxyl groups is 1. The van der Waals surface area contributed by atoms with Gasteiger partial charge in [0.1, 0.15) is 0 Å². The molecule has 7 heteroatoms. The number of aromatic hydroxyl groups is 1. The summed E-state index contributed by atoms with van der Waals surface area (Å²) in [6.07, 6.45) is 5.05. The maximum absolute atomic E-state index is 13.9. The summed E-state index contributed by atoms with van der Waals surface area (Å²) in [5, 5.41) is 20.9. The van der Waals surface area contributed by atoms with Gasteiger partial charge in [-0.05, 0) is 43.4 Å². The van der Waals surface area contributed by atoms with Crippen molar-refractivity contribution in [2.24, 2.45) is 23.7 Å². The number of hydrogen-bond donors (Lipinski definition) is 2. The number of hydrogen-bond acceptors (Lipinski definition) is 5. The van der Waals surface area contributed by atoms with E-state index in [0.717, 1.165) is 32.1 Å². The van der Waals surface area contributed by atoms with Crippen molar-refractivity contribution < 1.29 is 28.9 Å². The highest BCUT2D eigenvalue weighted by Gasteiger charge is 2.66. The Kier molecular flexibility index (Phi) is 4.67. The van der Waals surface area contributed by atoms with E-state index in [0.29, 0.717) is 18.4 Å². The van der Waals surface area contributed by atoms with Gasteiger partial charge in [0.25, 0.3) is 0 Å². The Hall–Kier alpha value is -1.99. The van der Waals surface area contributed by atoms with E-state index < -0.39 is 41.2 Å². The van der Waals surface area contributed by atoms with E-state index in [1.54, 1.807) is 6.07 Å². The molecule has 4 fully saturated rings. The lowest BCUT2D eigenvalue weighted by Crippen LogP contribution is -2.52. The highest BCUT2D eigenvalue weighted by Crippen LogP contribution is 2.58. The van der Waals surface area contributed by atoms with Gasteiger partial charge in [-0.3, -0.25) is 14.5 Å². The van der Waals surface area contributed by atoms with Crippen LogP contribution < -0.4 is 0 Å². The van der Waals surface area contributed by atoms with Crippen LogP contribution >= 0.6 is 0 Å². The Bertz CT molecular complexity index is 884. The fraction of sp³-hybridized carbons (Fsp3) is 0.652. The van der Waals surface area contributed by atoms with Crippen LogP contribution in [0.5, 0.6) is 5.75 Å². The Morgan fingerprint density at radius 2 is 1.87 bits per heavy atom. The fourth-order valence-corrected chi connectivity index (χ4v) is 6.30. The van der Waals surface area contributed by atoms with Crippen LogP contribution in [0.1, 0.15) is 63.5 Å². The summed E-state index contributed by atoms with van der Waals surface area (Å²) in [6.45, 7) is 1.85. The molecule has 0 spiro atoms. The molecule has 0 radical (unpaired) electrons. The number of likely N-dealkylation sites (tertiary alicyclic amines) is 1. The van der Waals surface area contributed by atoms with Gasteiger partial charge in [-0.2, -0.15) is 0 Å². The third kappa shape index (κ3) is 2.82. The number of ether oxygens (including phenoxy) is 1. The lowest BCUT2D eigenvalue weighted by molar-refractivity contribution is -0.265. The molecule has 2 amide bonds. The minimum absolute atomic E-state index is 0.0305. The summed E-state index contributed by atoms with van der Waals surface area (Å²) in [4.78, 5) is 28.2. The lowest BCUT2D eigenvalue weighted by Gasteiger charge is -2.43. The highest BCUT2D eigenvalue weighted by molar-refractivity contribution is 6.05. The quantitative estimate of drug-likeness (QED) is 0.722. The smallest absolute Gasteiger partial charge is 0.233 e. The molecule has 0 aromatic heterocycles. The second-order valence-electron chi connectivity index (χ2n) is 9.52. The number of amides is 2. The van der Waals surface area contributed by atoms with Gasteiger partial charge in [-0.25, -0.2) is 4.39 Å². The maximum Gasteiger partial charge on any atom is 0.233 e. The number of phenolic OH excluding ortho intramolecular Hbond substituents is 1. The number of rotatable bonds is 2. The summed E-state index contributed by atoms with van der Waals surface area (Å²) in [5.74, 6) is -4.83. The van der Waals surface area contributed by atoms with Crippen LogP contribution in [0.15, 0.2) is 18.2 Å². The van der Waals surface area contributed by atoms with Crippen LogP contribution in [0.3, 0.4) is 0 Å². The van der Waals surface area contributed by atoms with E-state index >= 15 is 0 Å². The molecule has 2 aliphatic heterocycles. The molecule has 0 unspecified atom stereocenters. The van der Waals surface area contributed by atoms with Gasteiger partial charge in [0.2, 0.25) is 11.8 Å². The monoisotopic (exact) mass is 417 g/mol. The summed E-state index contributed by atoms with van der Waals surface area (Å²) in [7, 11) is 0. The Morgan fingerprint density at radius 3 is 2.57 bits per heavy atom. The van der Waals surface area contributed by atoms with Crippen LogP contribution in [0, 0.1) is 29.5 Å². The van der Waals surface area contributed by atoms with Crippen LogP contribution in [0.2, 0.25) is 0 Å². The molecule has 2 aliphatic carbocycles. The Balaban J connectivity index is 1.46. The molecule has 4 aliphatic rings. The predicted molar refractivity (Wildman–Crippen MR) is 104 cm³/mol. The molecule has 6 atom stereocenters. The second-order valence-corrected chi connectivity index (χ2v) is 9.52. The first-order valence-corrected chi connectivity index (χ1v) is 11.1. The van der Waals surface area contributed by atoms with E-state index in [4.69, 9.17) is 4.74 Å². The molecular weight excluding hydrogens is 389 g/mol. The van der Waals surface area contributed by atoms with E-state index in [1.165, 1.54) is 17.0 Å². The zero-order valence-corrected chi connectivity index (χ0v) is 17.1. The maximum atomic E-state index is 13.9. The number of phenols is 1. The van der Waals surface area contributed by atoms with Gasteiger partial charge >= 0.3 is 0 Å². The third-order valence-corrected chi connectivity index (χ3v) is 7.87. The third-order valence-electron chi connectivity index (χ3n) is 7.87. The van der Waals surface area contributed by atoms with Crippen molar-refractivity contribution in [2.45, 2.75) is 69.8 Å². The molecule has 6 nitrogen and oxygen atoms in total. The largest absolute Gasteiger partial charge is 0.505 e. The average molecular weight is 417 g/mol. The predicted octanol–water partition coefficient (Wildman–Crippen LogP) is 3.27. The first kappa shape index (κ1) is 19.9. The molecule has 30 heavy (non-hydrogen) atoms. The zero-order valence-electron chi connectivity index (χ0n) is 17.1. The standard InChI is InChI=1S/C23H28FNO5/c1-12-9-15-20(22(28)25(21(15)27)14-5-3-2-4-6-14)16-11-19(30-23(12,16)29)13-7-8-18(26)17(24)10-13/h7-8,10,12,14-16,19-20,26,29H,2-6,9,11H2,1H3/t12-,15-,16-,19-,20-,23+/m0/s1. The average Bonchev–Trinajstić information content (AvgIpc) is 3.20. The highest BCUT2D eigenvalue weighted by atomic mass is 19.1. The molecule has 162 valence electrons. The first-order valence-electron chi connectivity index (χ1n) is 11.1. The van der Waals surface area contributed by atoms with Crippen molar-refractivity contribution in [3.63, 3.8) is 0 Å². The molecule has 0 bridgehead atoms. The molecule has 1 aromatic carbocycles. The fourth-order valence-electron chi connectivity index (χ4n) is 6.30. The second kappa shape index (κ2) is 7.02. The SMILES string of the molecule is C[C@H]1C[C@@H]2C(=O)N(C3CCCCC3)C(=O)[C@@H]2[C@@H]2C[C@@H](c3ccc(O)c(F)c3)O[C@]12O. The van der Waals surface area contributed by atoms with Crippen molar-refractivity contribution in [1.82, 2.24) is 4.90 Å². The number of carbonyl (C=O) groups excluding carboxylic acids is 2. The minimum atomic E-state index is -1.53. The summed E-state index contributed by atoms with van der Waals surface area (Å²) >= 11 is 0. The topological polar surface area (TPSA) is 87.1 Å². The summed E-state index contributed by atoms with van der Waals surface area (Å²) in [6, 6.07) is 4.01. The van der Waals surface area contributed by atoms with E-state index in [2.05, 4.69) is 0 Å². The molecule has 1 aromatic rings. The zero-order chi connectivity index (χ0) is 21.2. The summed E-state index contributed by atoms with van der Waals surface area (Å²) < 4.78 is 19.9. The van der Waals surface area contributed by atoms with E-state index in [9.17, 15) is 24.2 Å². The van der Waals surface area contributed by atoms with Crippen LogP contribution in [0.4, 0.5) is 4.39 Å².